The molecular formula is C38H30IrNO3S-. The molecule has 6 heteroatoms. The van der Waals surface area contributed by atoms with Crippen molar-refractivity contribution in [3.05, 3.63) is 126 Å². The van der Waals surface area contributed by atoms with Crippen LogP contribution in [0.15, 0.2) is 113 Å². The molecule has 1 N–H and O–H groups in total. The van der Waals surface area contributed by atoms with Crippen LogP contribution >= 0.6 is 11.3 Å². The number of para-hydroxylation sites is 1. The zero-order valence-electron chi connectivity index (χ0n) is 24.8. The Balaban J connectivity index is 0.000000433. The number of aliphatic hydroxyl groups excluding tert-OH is 1. The quantitative estimate of drug-likeness (QED) is 0.110. The third-order valence-electron chi connectivity index (χ3n) is 7.35. The van der Waals surface area contributed by atoms with Gasteiger partial charge in [0.2, 0.25) is 0 Å². The maximum Gasteiger partial charge on any atom is 0.155 e. The number of furan rings is 1. The van der Waals surface area contributed by atoms with E-state index in [-0.39, 0.29) is 31.6 Å². The van der Waals surface area contributed by atoms with Crippen LogP contribution in [0.2, 0.25) is 0 Å². The second kappa shape index (κ2) is 13.1. The summed E-state index contributed by atoms with van der Waals surface area (Å²) in [6.45, 7) is 7.20. The zero-order valence-corrected chi connectivity index (χ0v) is 28.0. The molecule has 4 aromatic carbocycles. The van der Waals surface area contributed by atoms with E-state index < -0.39 is 0 Å². The Morgan fingerprint density at radius 1 is 0.886 bits per heavy atom. The van der Waals surface area contributed by atoms with Crippen LogP contribution in [-0.4, -0.2) is 15.9 Å². The number of pyridine rings is 1. The van der Waals surface area contributed by atoms with Crippen molar-refractivity contribution in [2.24, 2.45) is 0 Å². The van der Waals surface area contributed by atoms with Gasteiger partial charge in [-0.1, -0.05) is 77.7 Å². The van der Waals surface area contributed by atoms with Crippen molar-refractivity contribution in [1.82, 2.24) is 4.98 Å². The number of hydrogen-bond acceptors (Lipinski definition) is 5. The fourth-order valence-electron chi connectivity index (χ4n) is 5.47. The normalized spacial score (nSPS) is 11.3. The molecule has 3 heterocycles. The minimum Gasteiger partial charge on any atom is -0.512 e. The number of nitrogens with zero attached hydrogens (tertiary/aromatic N) is 1. The maximum atomic E-state index is 10.0. The predicted octanol–water partition coefficient (Wildman–Crippen LogP) is 10.6. The Bertz CT molecular complexity index is 2130. The molecule has 0 aliphatic carbocycles. The molecule has 0 aliphatic rings. The molecule has 0 aliphatic heterocycles. The van der Waals surface area contributed by atoms with Gasteiger partial charge in [0.05, 0.1) is 16.0 Å². The van der Waals surface area contributed by atoms with E-state index in [1.54, 1.807) is 11.3 Å². The van der Waals surface area contributed by atoms with Gasteiger partial charge in [-0.2, -0.15) is 0 Å². The van der Waals surface area contributed by atoms with E-state index in [9.17, 15) is 4.79 Å². The number of rotatable bonds is 4. The Hall–Kier alpha value is -4.35. The van der Waals surface area contributed by atoms with Gasteiger partial charge in [-0.15, -0.1) is 29.5 Å². The molecular weight excluding hydrogens is 743 g/mol. The molecule has 0 amide bonds. The summed E-state index contributed by atoms with van der Waals surface area (Å²) < 4.78 is 7.39. The van der Waals surface area contributed by atoms with Crippen molar-refractivity contribution in [3.63, 3.8) is 0 Å². The fourth-order valence-corrected chi connectivity index (χ4v) is 6.49. The first-order valence-electron chi connectivity index (χ1n) is 14.1. The molecule has 0 saturated heterocycles. The number of aliphatic hydroxyl groups is 1. The van der Waals surface area contributed by atoms with Gasteiger partial charge in [0.25, 0.3) is 0 Å². The van der Waals surface area contributed by atoms with E-state index >= 15 is 0 Å². The molecule has 0 unspecified atom stereocenters. The van der Waals surface area contributed by atoms with E-state index in [0.717, 1.165) is 33.2 Å². The first-order valence-corrected chi connectivity index (χ1v) is 14.9. The van der Waals surface area contributed by atoms with Gasteiger partial charge < -0.3 is 14.5 Å². The van der Waals surface area contributed by atoms with Gasteiger partial charge >= 0.3 is 0 Å². The summed E-state index contributed by atoms with van der Waals surface area (Å²) in [6.07, 6.45) is 3.14. The molecule has 0 spiro atoms. The number of carbonyl (C=O) groups is 1. The van der Waals surface area contributed by atoms with Crippen LogP contribution < -0.4 is 0 Å². The van der Waals surface area contributed by atoms with Gasteiger partial charge in [0.1, 0.15) is 5.58 Å². The zero-order chi connectivity index (χ0) is 30.1. The van der Waals surface area contributed by atoms with Crippen LogP contribution in [0.5, 0.6) is 0 Å². The summed E-state index contributed by atoms with van der Waals surface area (Å²) in [4.78, 5) is 16.1. The topological polar surface area (TPSA) is 63.3 Å². The van der Waals surface area contributed by atoms with E-state index in [2.05, 4.69) is 86.6 Å². The Morgan fingerprint density at radius 3 is 2.27 bits per heavy atom. The van der Waals surface area contributed by atoms with Gasteiger partial charge in [-0.05, 0) is 78.7 Å². The first-order chi connectivity index (χ1) is 20.8. The van der Waals surface area contributed by atoms with Gasteiger partial charge in [-0.25, -0.2) is 0 Å². The van der Waals surface area contributed by atoms with Crippen molar-refractivity contribution in [2.75, 3.05) is 0 Å². The molecule has 7 aromatic rings. The van der Waals surface area contributed by atoms with E-state index in [4.69, 9.17) is 14.5 Å². The summed E-state index contributed by atoms with van der Waals surface area (Å²) in [5.41, 5.74) is 9.91. The Labute approximate surface area is 274 Å². The van der Waals surface area contributed by atoms with E-state index in [0.29, 0.717) is 0 Å². The van der Waals surface area contributed by atoms with Crippen LogP contribution in [0, 0.1) is 19.9 Å². The van der Waals surface area contributed by atoms with Crippen molar-refractivity contribution >= 4 is 49.1 Å². The number of allylic oxidation sites excluding steroid dienone is 2. The summed E-state index contributed by atoms with van der Waals surface area (Å²) in [5.74, 6) is -0.0625. The standard InChI is InChI=1S/C33H22NOS.C5H8O2.Ir/c1-20-7-5-8-21(2)32(20)23-15-13-22(14-16-23)30-18-24-17-28(34-19-31(24)36-30)27-11-6-10-26-25-9-3-4-12-29(25)35-33(26)27;1-4(6)3-5(2)7;/h3-10,12-19H,1-2H3;3,6H,1-2H3;/q-1;;/b;4-3-;. The summed E-state index contributed by atoms with van der Waals surface area (Å²) in [7, 11) is 0. The summed E-state index contributed by atoms with van der Waals surface area (Å²) >= 11 is 1.77. The molecule has 44 heavy (non-hydrogen) atoms. The van der Waals surface area contributed by atoms with Gasteiger partial charge in [-0.3, -0.25) is 4.79 Å². The van der Waals surface area contributed by atoms with Crippen LogP contribution in [0.25, 0.3) is 64.8 Å². The fraction of sp³-hybridized carbons (Fsp3) is 0.105. The van der Waals surface area contributed by atoms with Crippen molar-refractivity contribution in [3.8, 4) is 32.8 Å². The maximum absolute atomic E-state index is 10.0. The monoisotopic (exact) mass is 773 g/mol. The third-order valence-corrected chi connectivity index (χ3v) is 8.48. The molecule has 7 rings (SSSR count). The Morgan fingerprint density at radius 2 is 1.59 bits per heavy atom. The minimum atomic E-state index is -0.125. The van der Waals surface area contributed by atoms with E-state index in [1.807, 2.05) is 30.5 Å². The van der Waals surface area contributed by atoms with Gasteiger partial charge in [0.15, 0.2) is 5.78 Å². The average molecular weight is 773 g/mol. The molecule has 1 radical (unpaired) electrons. The number of hydrogen-bond donors (Lipinski definition) is 1. The molecule has 0 saturated carbocycles. The molecule has 221 valence electrons. The third kappa shape index (κ3) is 6.29. The molecule has 3 aromatic heterocycles. The van der Waals surface area contributed by atoms with Crippen LogP contribution in [0.1, 0.15) is 25.0 Å². The van der Waals surface area contributed by atoms with Crippen LogP contribution in [0.4, 0.5) is 0 Å². The second-order valence-electron chi connectivity index (χ2n) is 10.7. The largest absolute Gasteiger partial charge is 0.512 e. The first kappa shape index (κ1) is 31.1. The van der Waals surface area contributed by atoms with Crippen molar-refractivity contribution in [1.29, 1.82) is 0 Å². The number of aromatic nitrogens is 1. The van der Waals surface area contributed by atoms with Crippen LogP contribution in [0.3, 0.4) is 0 Å². The van der Waals surface area contributed by atoms with Gasteiger partial charge in [0, 0.05) is 42.6 Å². The smallest absolute Gasteiger partial charge is 0.155 e. The van der Waals surface area contributed by atoms with Crippen molar-refractivity contribution < 1.29 is 34.4 Å². The number of thiophene rings is 1. The SMILES string of the molecule is CC(=O)/C=C(/C)O.Cc1cccc(C)c1-c1ccc(-c2cc3cc(-c4[c-]ccc5c4oc4ccccc45)ncc3s2)cc1.[Ir]. The molecule has 4 nitrogen and oxygen atoms in total. The second-order valence-corrected chi connectivity index (χ2v) is 11.7. The molecule has 0 fully saturated rings. The average Bonchev–Trinajstić information content (AvgIpc) is 3.58. The number of fused-ring (bicyclic) bond motifs is 4. The molecule has 0 bridgehead atoms. The van der Waals surface area contributed by atoms with Crippen LogP contribution in [-0.2, 0) is 24.9 Å². The summed E-state index contributed by atoms with van der Waals surface area (Å²) in [6, 6.07) is 35.3. The predicted molar refractivity (Wildman–Crippen MR) is 179 cm³/mol. The number of ketones is 1. The number of carbonyl (C=O) groups excluding carboxylic acids is 1. The Kier molecular flexibility index (Phi) is 9.26. The van der Waals surface area contributed by atoms with E-state index in [1.165, 1.54) is 62.7 Å². The number of aryl methyl sites for hydroxylation is 2. The minimum absolute atomic E-state index is 0. The number of benzene rings is 4. The summed E-state index contributed by atoms with van der Waals surface area (Å²) in [5, 5.41) is 11.8. The molecule has 0 atom stereocenters. The van der Waals surface area contributed by atoms with Crippen molar-refractivity contribution in [2.45, 2.75) is 27.7 Å².